The Balaban J connectivity index is 1.51. The molecule has 3 fully saturated rings. The molecule has 3 aliphatic heterocycles. The molecule has 3 aliphatic rings. The number of ether oxygens (including phenoxy) is 5. The van der Waals surface area contributed by atoms with Gasteiger partial charge in [-0.25, -0.2) is 0 Å². The van der Waals surface area contributed by atoms with Gasteiger partial charge in [0.2, 0.25) is 0 Å². The van der Waals surface area contributed by atoms with Gasteiger partial charge in [0, 0.05) is 11.8 Å². The Morgan fingerprint density at radius 3 is 1.56 bits per heavy atom. The minimum Gasteiger partial charge on any atom is -0.394 e. The molecule has 3 saturated heterocycles. The number of hydrogen-bond acceptors (Lipinski definition) is 15. The van der Waals surface area contributed by atoms with Gasteiger partial charge in [0.05, 0.1) is 107 Å². The molecule has 0 spiro atoms. The molecule has 6 unspecified atom stereocenters. The lowest BCUT2D eigenvalue weighted by molar-refractivity contribution is -0.221. The Bertz CT molecular complexity index is 747. The normalized spacial score (nSPS) is 46.8. The van der Waals surface area contributed by atoms with Gasteiger partial charge in [0.1, 0.15) is 18.3 Å². The summed E-state index contributed by atoms with van der Waals surface area (Å²) >= 11 is 0. The molecule has 0 aromatic rings. The number of rotatable bonds is 11. The zero-order valence-electron chi connectivity index (χ0n) is 22.4. The van der Waals surface area contributed by atoms with E-state index >= 15 is 0 Å². The van der Waals surface area contributed by atoms with E-state index in [9.17, 15) is 35.7 Å². The summed E-state index contributed by atoms with van der Waals surface area (Å²) in [4.78, 5) is 0. The molecule has 3 rings (SSSR count). The van der Waals surface area contributed by atoms with Gasteiger partial charge in [-0.2, -0.15) is 0 Å². The van der Waals surface area contributed by atoms with Crippen molar-refractivity contribution in [3.63, 3.8) is 0 Å². The van der Waals surface area contributed by atoms with Gasteiger partial charge < -0.3 is 76.6 Å². The Labute approximate surface area is 227 Å². The van der Waals surface area contributed by atoms with Crippen molar-refractivity contribution in [2.75, 3.05) is 46.2 Å². The number of hydrogen-bond donors (Lipinski definition) is 10. The van der Waals surface area contributed by atoms with Crippen LogP contribution in [0, 0.1) is 11.8 Å². The van der Waals surface area contributed by atoms with Crippen LogP contribution in [-0.4, -0.2) is 161 Å². The highest BCUT2D eigenvalue weighted by molar-refractivity contribution is 5.00. The quantitative estimate of drug-likeness (QED) is 0.111. The van der Waals surface area contributed by atoms with E-state index in [1.54, 1.807) is 13.8 Å². The first-order chi connectivity index (χ1) is 18.4. The average Bonchev–Trinajstić information content (AvgIpc) is 2.91. The van der Waals surface area contributed by atoms with Gasteiger partial charge in [0.25, 0.3) is 0 Å². The van der Waals surface area contributed by atoms with Crippen molar-refractivity contribution in [3.05, 3.63) is 0 Å². The number of nitrogens with two attached hydrogens (primary N) is 3. The predicted molar refractivity (Wildman–Crippen MR) is 134 cm³/mol. The summed E-state index contributed by atoms with van der Waals surface area (Å²) in [7, 11) is 0. The first kappa shape index (κ1) is 32.9. The third-order valence-corrected chi connectivity index (χ3v) is 8.26. The average molecular weight is 570 g/mol. The fourth-order valence-corrected chi connectivity index (χ4v) is 5.51. The summed E-state index contributed by atoms with van der Waals surface area (Å²) in [5, 5.41) is 70.6. The van der Waals surface area contributed by atoms with E-state index < -0.39 is 104 Å². The summed E-state index contributed by atoms with van der Waals surface area (Å²) in [5.74, 6) is -1.31. The Morgan fingerprint density at radius 1 is 0.590 bits per heavy atom. The molecule has 0 radical (unpaired) electrons. The third kappa shape index (κ3) is 7.25. The summed E-state index contributed by atoms with van der Waals surface area (Å²) in [5.41, 5.74) is 17.4. The van der Waals surface area contributed by atoms with E-state index in [-0.39, 0.29) is 33.0 Å². The number of aliphatic hydroxyl groups excluding tert-OH is 7. The van der Waals surface area contributed by atoms with Crippen LogP contribution in [0.4, 0.5) is 0 Å². The molecule has 0 bridgehead atoms. The van der Waals surface area contributed by atoms with Crippen LogP contribution in [0.5, 0.6) is 0 Å². The lowest BCUT2D eigenvalue weighted by Crippen LogP contribution is -2.65. The maximum absolute atomic E-state index is 10.9. The highest BCUT2D eigenvalue weighted by atomic mass is 16.6. The topological polar surface area (TPSA) is 266 Å². The fraction of sp³-hybridized carbons (Fsp3) is 1.00. The van der Waals surface area contributed by atoms with Gasteiger partial charge in [-0.15, -0.1) is 0 Å². The first-order valence-electron chi connectivity index (χ1n) is 13.3. The highest BCUT2D eigenvalue weighted by Crippen LogP contribution is 2.33. The minimum atomic E-state index is -1.34. The molecule has 15 nitrogen and oxygen atoms in total. The monoisotopic (exact) mass is 569 g/mol. The smallest absolute Gasteiger partial charge is 0.110 e. The molecule has 230 valence electrons. The largest absolute Gasteiger partial charge is 0.394 e. The van der Waals surface area contributed by atoms with Crippen molar-refractivity contribution in [2.45, 2.75) is 92.5 Å². The molecule has 13 N–H and O–H groups in total. The zero-order chi connectivity index (χ0) is 29.1. The highest BCUT2D eigenvalue weighted by Gasteiger charge is 2.48. The third-order valence-electron chi connectivity index (χ3n) is 8.26. The summed E-state index contributed by atoms with van der Waals surface area (Å²) in [6, 6.07) is -2.56. The molecule has 0 aromatic carbocycles. The fourth-order valence-electron chi connectivity index (χ4n) is 5.51. The van der Waals surface area contributed by atoms with E-state index in [1.165, 1.54) is 0 Å². The molecule has 39 heavy (non-hydrogen) atoms. The molecule has 0 amide bonds. The molecule has 14 atom stereocenters. The van der Waals surface area contributed by atoms with Crippen LogP contribution >= 0.6 is 0 Å². The van der Waals surface area contributed by atoms with Crippen molar-refractivity contribution in [1.29, 1.82) is 0 Å². The van der Waals surface area contributed by atoms with Gasteiger partial charge in [-0.3, -0.25) is 0 Å². The Kier molecular flexibility index (Phi) is 11.9. The molecule has 3 heterocycles. The molecule has 0 saturated carbocycles. The maximum atomic E-state index is 10.9. The molecular weight excluding hydrogens is 522 g/mol. The Hall–Kier alpha value is -0.600. The summed E-state index contributed by atoms with van der Waals surface area (Å²) in [6.45, 7) is 1.94. The second-order valence-electron chi connectivity index (χ2n) is 11.3. The van der Waals surface area contributed by atoms with E-state index in [4.69, 9.17) is 40.9 Å². The van der Waals surface area contributed by atoms with Crippen LogP contribution < -0.4 is 17.2 Å². The molecule has 0 aliphatic carbocycles. The van der Waals surface area contributed by atoms with Crippen LogP contribution in [0.3, 0.4) is 0 Å². The van der Waals surface area contributed by atoms with E-state index in [2.05, 4.69) is 0 Å². The van der Waals surface area contributed by atoms with Gasteiger partial charge in [-0.05, 0) is 13.8 Å². The van der Waals surface area contributed by atoms with Crippen molar-refractivity contribution in [1.82, 2.24) is 0 Å². The van der Waals surface area contributed by atoms with Crippen molar-refractivity contribution < 1.29 is 59.4 Å². The SMILES string of the molecule is CC1(C)OC(CO)[C@H](COC[C@@H]2OC(CO)[C@H](COC[C@@H]3OC(CO)[C@H](O)[C@H](O)C3N)[C@H](O)C2N)[C@H](O)C1N. The van der Waals surface area contributed by atoms with Crippen LogP contribution in [0.15, 0.2) is 0 Å². The number of aliphatic hydroxyl groups is 7. The van der Waals surface area contributed by atoms with Crippen molar-refractivity contribution in [3.8, 4) is 0 Å². The zero-order valence-corrected chi connectivity index (χ0v) is 22.4. The van der Waals surface area contributed by atoms with Gasteiger partial charge in [-0.1, -0.05) is 0 Å². The van der Waals surface area contributed by atoms with E-state index in [1.807, 2.05) is 0 Å². The van der Waals surface area contributed by atoms with Gasteiger partial charge in [0.15, 0.2) is 0 Å². The summed E-state index contributed by atoms with van der Waals surface area (Å²) in [6.07, 6.45) is -8.93. The van der Waals surface area contributed by atoms with Crippen molar-refractivity contribution in [2.24, 2.45) is 29.0 Å². The molecule has 0 aromatic heterocycles. The van der Waals surface area contributed by atoms with Gasteiger partial charge >= 0.3 is 0 Å². The summed E-state index contributed by atoms with van der Waals surface area (Å²) < 4.78 is 28.7. The van der Waals surface area contributed by atoms with Crippen LogP contribution in [0.25, 0.3) is 0 Å². The predicted octanol–water partition coefficient (Wildman–Crippen LogP) is -5.63. The lowest BCUT2D eigenvalue weighted by Gasteiger charge is -2.48. The minimum absolute atomic E-state index is 0.00773. The first-order valence-corrected chi connectivity index (χ1v) is 13.3. The standard InChI is InChI=1S/C24H47N3O12/c1-24(2)23(27)20(32)11(13(4-29)39-24)7-36-8-15-17(25)19(31)10(12(3-28)37-15)6-35-9-16-18(26)22(34)21(33)14(5-30)38-16/h10-23,28-34H,3-9,25-27H2,1-2H3/t10-,11-,12?,13?,14?,15-,16-,17?,18?,19-,20-,21-,22+,23?/m0/s1. The van der Waals surface area contributed by atoms with E-state index in [0.29, 0.717) is 0 Å². The second kappa shape index (κ2) is 14.0. The lowest BCUT2D eigenvalue weighted by atomic mass is 9.80. The molecule has 15 heteroatoms. The maximum Gasteiger partial charge on any atom is 0.110 e. The van der Waals surface area contributed by atoms with Crippen LogP contribution in [-0.2, 0) is 23.7 Å². The second-order valence-corrected chi connectivity index (χ2v) is 11.3. The van der Waals surface area contributed by atoms with E-state index in [0.717, 1.165) is 0 Å². The van der Waals surface area contributed by atoms with Crippen LogP contribution in [0.1, 0.15) is 13.8 Å². The molecular formula is C24H47N3O12. The Morgan fingerprint density at radius 2 is 1.05 bits per heavy atom. The van der Waals surface area contributed by atoms with Crippen LogP contribution in [0.2, 0.25) is 0 Å². The van der Waals surface area contributed by atoms with Crippen molar-refractivity contribution >= 4 is 0 Å².